The molecule has 0 unspecified atom stereocenters. The van der Waals surface area contributed by atoms with E-state index in [0.717, 1.165) is 16.7 Å². The minimum absolute atomic E-state index is 0.00139. The summed E-state index contributed by atoms with van der Waals surface area (Å²) in [6.07, 6.45) is 0. The maximum atomic E-state index is 13.0. The molecule has 7 nitrogen and oxygen atoms in total. The number of sulfonamides is 1. The molecule has 0 aliphatic carbocycles. The van der Waals surface area contributed by atoms with E-state index >= 15 is 0 Å². The van der Waals surface area contributed by atoms with Crippen LogP contribution in [0, 0.1) is 6.92 Å². The highest BCUT2D eigenvalue weighted by molar-refractivity contribution is 7.92. The van der Waals surface area contributed by atoms with Crippen molar-refractivity contribution in [2.75, 3.05) is 10.5 Å². The molecule has 0 saturated carbocycles. The van der Waals surface area contributed by atoms with E-state index in [-0.39, 0.29) is 22.6 Å². The average Bonchev–Trinajstić information content (AvgIpc) is 2.81. The number of benzene rings is 3. The molecule has 1 heterocycles. The number of anilines is 2. The summed E-state index contributed by atoms with van der Waals surface area (Å²) in [4.78, 5) is 8.85. The molecule has 0 fully saturated rings. The van der Waals surface area contributed by atoms with Gasteiger partial charge >= 0.3 is 0 Å². The fourth-order valence-electron chi connectivity index (χ4n) is 3.61. The highest BCUT2D eigenvalue weighted by Gasteiger charge is 2.20. The first-order valence-corrected chi connectivity index (χ1v) is 12.8. The third-order valence-electron chi connectivity index (χ3n) is 5.33. The summed E-state index contributed by atoms with van der Waals surface area (Å²) < 4.78 is 34.6. The van der Waals surface area contributed by atoms with Crippen LogP contribution < -0.4 is 15.2 Å². The van der Waals surface area contributed by atoms with Crippen LogP contribution in [0.1, 0.15) is 30.9 Å². The van der Waals surface area contributed by atoms with Crippen molar-refractivity contribution >= 4 is 33.3 Å². The van der Waals surface area contributed by atoms with Crippen molar-refractivity contribution in [3.05, 3.63) is 88.9 Å². The number of rotatable bonds is 7. The molecular formula is C26H25ClN4O3S. The van der Waals surface area contributed by atoms with Gasteiger partial charge in [-0.1, -0.05) is 67.9 Å². The lowest BCUT2D eigenvalue weighted by Crippen LogP contribution is -2.16. The van der Waals surface area contributed by atoms with Crippen LogP contribution in [0.15, 0.2) is 77.7 Å². The predicted octanol–water partition coefficient (Wildman–Crippen LogP) is 6.40. The van der Waals surface area contributed by atoms with E-state index in [1.807, 2.05) is 43.3 Å². The number of ether oxygens (including phenoxy) is 1. The number of nitrogens with zero attached hydrogens (tertiary/aromatic N) is 2. The normalized spacial score (nSPS) is 11.5. The summed E-state index contributed by atoms with van der Waals surface area (Å²) >= 11 is 6.35. The number of hydrogen-bond donors (Lipinski definition) is 2. The fourth-order valence-corrected chi connectivity index (χ4v) is 4.86. The summed E-state index contributed by atoms with van der Waals surface area (Å²) in [6, 6.07) is 20.8. The highest BCUT2D eigenvalue weighted by Crippen LogP contribution is 2.35. The van der Waals surface area contributed by atoms with E-state index in [9.17, 15) is 8.42 Å². The number of aryl methyl sites for hydroxylation is 1. The van der Waals surface area contributed by atoms with E-state index in [0.29, 0.717) is 22.2 Å². The molecule has 9 heteroatoms. The number of nitrogen functional groups attached to an aromatic ring is 1. The molecule has 3 aromatic carbocycles. The third kappa shape index (κ3) is 5.55. The van der Waals surface area contributed by atoms with Gasteiger partial charge in [-0.2, -0.15) is 4.98 Å². The summed E-state index contributed by atoms with van der Waals surface area (Å²) in [6.45, 7) is 6.02. The number of halogens is 1. The molecule has 0 bridgehead atoms. The standard InChI is InChI=1S/C26H25ClN4O3S/c1-16(2)20-11-4-5-12-21(20)23-15-24(34-25-17(3)8-6-13-22(25)27)30-26(29-23)31-35(32,33)19-10-7-9-18(28)14-19/h4-16H,28H2,1-3H3,(H,29,30,31). The predicted molar refractivity (Wildman–Crippen MR) is 139 cm³/mol. The van der Waals surface area contributed by atoms with Gasteiger partial charge in [0.2, 0.25) is 11.8 Å². The van der Waals surface area contributed by atoms with Gasteiger partial charge in [0.05, 0.1) is 15.6 Å². The monoisotopic (exact) mass is 508 g/mol. The molecule has 4 rings (SSSR count). The molecule has 180 valence electrons. The average molecular weight is 509 g/mol. The molecule has 0 amide bonds. The van der Waals surface area contributed by atoms with Gasteiger partial charge in [-0.25, -0.2) is 18.1 Å². The minimum Gasteiger partial charge on any atom is -0.437 e. The molecule has 0 spiro atoms. The van der Waals surface area contributed by atoms with Gasteiger partial charge in [-0.05, 0) is 48.2 Å². The first kappa shape index (κ1) is 24.5. The Morgan fingerprint density at radius 2 is 1.71 bits per heavy atom. The first-order chi connectivity index (χ1) is 16.6. The van der Waals surface area contributed by atoms with Gasteiger partial charge in [-0.3, -0.25) is 0 Å². The van der Waals surface area contributed by atoms with Gasteiger partial charge < -0.3 is 10.5 Å². The van der Waals surface area contributed by atoms with Crippen molar-refractivity contribution in [1.29, 1.82) is 0 Å². The van der Waals surface area contributed by atoms with Crippen LogP contribution in [0.5, 0.6) is 11.6 Å². The Hall–Kier alpha value is -3.62. The summed E-state index contributed by atoms with van der Waals surface area (Å²) in [5.41, 5.74) is 9.31. The van der Waals surface area contributed by atoms with E-state index < -0.39 is 10.0 Å². The number of hydrogen-bond acceptors (Lipinski definition) is 6. The van der Waals surface area contributed by atoms with Crippen LogP contribution in [0.3, 0.4) is 0 Å². The second-order valence-corrected chi connectivity index (χ2v) is 10.4. The number of aromatic nitrogens is 2. The Balaban J connectivity index is 1.83. The van der Waals surface area contributed by atoms with E-state index in [1.54, 1.807) is 24.3 Å². The zero-order valence-electron chi connectivity index (χ0n) is 19.5. The number of para-hydroxylation sites is 1. The number of nitrogens with one attached hydrogen (secondary N) is 1. The SMILES string of the molecule is Cc1cccc(Cl)c1Oc1cc(-c2ccccc2C(C)C)nc(NS(=O)(=O)c2cccc(N)c2)n1. The van der Waals surface area contributed by atoms with Crippen molar-refractivity contribution in [3.8, 4) is 22.9 Å². The van der Waals surface area contributed by atoms with Gasteiger partial charge in [0.15, 0.2) is 5.75 Å². The second kappa shape index (κ2) is 9.93. The summed E-state index contributed by atoms with van der Waals surface area (Å²) in [7, 11) is -4.00. The maximum Gasteiger partial charge on any atom is 0.264 e. The van der Waals surface area contributed by atoms with Crippen LogP contribution >= 0.6 is 11.6 Å². The molecule has 0 atom stereocenters. The lowest BCUT2D eigenvalue weighted by atomic mass is 9.95. The van der Waals surface area contributed by atoms with Crippen molar-refractivity contribution in [3.63, 3.8) is 0 Å². The fraction of sp³-hybridized carbons (Fsp3) is 0.154. The molecule has 1 aromatic heterocycles. The zero-order valence-corrected chi connectivity index (χ0v) is 21.1. The molecular weight excluding hydrogens is 484 g/mol. The van der Waals surface area contributed by atoms with Gasteiger partial charge in [0, 0.05) is 17.3 Å². The Morgan fingerprint density at radius 1 is 0.971 bits per heavy atom. The second-order valence-electron chi connectivity index (χ2n) is 8.32. The van der Waals surface area contributed by atoms with Gasteiger partial charge in [-0.15, -0.1) is 0 Å². The van der Waals surface area contributed by atoms with Gasteiger partial charge in [0.25, 0.3) is 10.0 Å². The lowest BCUT2D eigenvalue weighted by molar-refractivity contribution is 0.459. The zero-order chi connectivity index (χ0) is 25.2. The third-order valence-corrected chi connectivity index (χ3v) is 6.95. The van der Waals surface area contributed by atoms with Crippen molar-refractivity contribution in [2.24, 2.45) is 0 Å². The summed E-state index contributed by atoms with van der Waals surface area (Å²) in [5, 5.41) is 0.412. The van der Waals surface area contributed by atoms with Crippen molar-refractivity contribution < 1.29 is 13.2 Å². The largest absolute Gasteiger partial charge is 0.437 e. The number of nitrogens with two attached hydrogens (primary N) is 1. The van der Waals surface area contributed by atoms with Crippen LogP contribution in [0.2, 0.25) is 5.02 Å². The van der Waals surface area contributed by atoms with Crippen molar-refractivity contribution in [1.82, 2.24) is 9.97 Å². The van der Waals surface area contributed by atoms with E-state index in [1.165, 1.54) is 12.1 Å². The molecule has 35 heavy (non-hydrogen) atoms. The maximum absolute atomic E-state index is 13.0. The molecule has 4 aromatic rings. The molecule has 0 aliphatic heterocycles. The van der Waals surface area contributed by atoms with E-state index in [2.05, 4.69) is 28.5 Å². The minimum atomic E-state index is -4.00. The molecule has 0 saturated heterocycles. The first-order valence-electron chi connectivity index (χ1n) is 10.9. The topological polar surface area (TPSA) is 107 Å². The van der Waals surface area contributed by atoms with Crippen LogP contribution in [-0.2, 0) is 10.0 Å². The molecule has 0 radical (unpaired) electrons. The van der Waals surface area contributed by atoms with Gasteiger partial charge in [0.1, 0.15) is 0 Å². The van der Waals surface area contributed by atoms with Crippen molar-refractivity contribution in [2.45, 2.75) is 31.6 Å². The van der Waals surface area contributed by atoms with Crippen LogP contribution in [-0.4, -0.2) is 18.4 Å². The summed E-state index contributed by atoms with van der Waals surface area (Å²) in [5.74, 6) is 0.655. The molecule has 0 aliphatic rings. The Morgan fingerprint density at radius 3 is 2.43 bits per heavy atom. The Bertz CT molecular complexity index is 1470. The lowest BCUT2D eigenvalue weighted by Gasteiger charge is -2.16. The quantitative estimate of drug-likeness (QED) is 0.279. The Kier molecular flexibility index (Phi) is 6.95. The van der Waals surface area contributed by atoms with E-state index in [4.69, 9.17) is 22.1 Å². The highest BCUT2D eigenvalue weighted by atomic mass is 35.5. The smallest absolute Gasteiger partial charge is 0.264 e. The van der Waals surface area contributed by atoms with Crippen LogP contribution in [0.25, 0.3) is 11.3 Å². The Labute approximate surface area is 210 Å². The van der Waals surface area contributed by atoms with Crippen LogP contribution in [0.4, 0.5) is 11.6 Å². The molecule has 3 N–H and O–H groups in total.